The average Bonchev–Trinajstić information content (AvgIpc) is 2.88. The molecule has 0 aromatic heterocycles. The number of hydrogen-bond donors (Lipinski definition) is 0. The number of rotatable bonds is 2. The molecule has 0 aliphatic carbocycles. The second kappa shape index (κ2) is 7.49. The summed E-state index contributed by atoms with van der Waals surface area (Å²) in [6, 6.07) is 24.8. The van der Waals surface area contributed by atoms with Gasteiger partial charge in [-0.25, -0.2) is 4.99 Å². The van der Waals surface area contributed by atoms with Gasteiger partial charge in [0.1, 0.15) is 5.84 Å². The highest BCUT2D eigenvalue weighted by Gasteiger charge is 2.19. The molecule has 0 fully saturated rings. The van der Waals surface area contributed by atoms with Gasteiger partial charge in [0.25, 0.3) is 0 Å². The van der Waals surface area contributed by atoms with Crippen molar-refractivity contribution in [2.75, 3.05) is 11.9 Å². The van der Waals surface area contributed by atoms with E-state index in [0.717, 1.165) is 38.6 Å². The van der Waals surface area contributed by atoms with Crippen LogP contribution >= 0.6 is 15.9 Å². The van der Waals surface area contributed by atoms with E-state index in [-0.39, 0.29) is 0 Å². The molecule has 0 atom stereocenters. The molecule has 0 spiro atoms. The van der Waals surface area contributed by atoms with Crippen molar-refractivity contribution in [1.82, 2.24) is 0 Å². The fourth-order valence-corrected chi connectivity index (χ4v) is 3.69. The normalized spacial score (nSPS) is 13.3. The summed E-state index contributed by atoms with van der Waals surface area (Å²) in [5.41, 5.74) is 6.28. The molecular formula is C23H20BrN3. The summed E-state index contributed by atoms with van der Waals surface area (Å²) in [5.74, 6) is 0.964. The van der Waals surface area contributed by atoms with Crippen molar-refractivity contribution >= 4 is 44.5 Å². The average molecular weight is 418 g/mol. The highest BCUT2D eigenvalue weighted by atomic mass is 79.9. The number of amidine groups is 1. The summed E-state index contributed by atoms with van der Waals surface area (Å²) < 4.78 is 1.04. The molecule has 0 amide bonds. The first kappa shape index (κ1) is 17.7. The molecule has 0 saturated heterocycles. The van der Waals surface area contributed by atoms with Gasteiger partial charge in [0.05, 0.1) is 22.8 Å². The van der Waals surface area contributed by atoms with E-state index in [2.05, 4.69) is 65.1 Å². The summed E-state index contributed by atoms with van der Waals surface area (Å²) in [6.45, 7) is 2.10. The summed E-state index contributed by atoms with van der Waals surface area (Å²) in [7, 11) is 2.06. The Morgan fingerprint density at radius 2 is 1.44 bits per heavy atom. The molecule has 0 N–H and O–H groups in total. The Kier molecular flexibility index (Phi) is 4.90. The van der Waals surface area contributed by atoms with E-state index in [9.17, 15) is 0 Å². The van der Waals surface area contributed by atoms with Crippen LogP contribution in [-0.2, 0) is 0 Å². The summed E-state index contributed by atoms with van der Waals surface area (Å²) in [4.78, 5) is 12.0. The smallest absolute Gasteiger partial charge is 0.115 e. The molecule has 27 heavy (non-hydrogen) atoms. The third-order valence-electron chi connectivity index (χ3n) is 4.70. The molecule has 3 nitrogen and oxygen atoms in total. The Bertz CT molecular complexity index is 1040. The van der Waals surface area contributed by atoms with E-state index in [4.69, 9.17) is 9.98 Å². The minimum atomic E-state index is 0.662. The predicted octanol–water partition coefficient (Wildman–Crippen LogP) is 6.45. The largest absolute Gasteiger partial charge is 0.332 e. The standard InChI is InChI=1S/C23H20BrN3/c1-16-11-13-17(14-12-16)21-15-23(26-20-9-5-4-8-19(20)25-21)27(2)22-10-6-3-7-18(22)24/h3-14H,15H2,1-2H3. The first-order valence-corrected chi connectivity index (χ1v) is 9.70. The van der Waals surface area contributed by atoms with Crippen molar-refractivity contribution in [3.8, 4) is 0 Å². The van der Waals surface area contributed by atoms with Crippen LogP contribution in [0.1, 0.15) is 17.5 Å². The van der Waals surface area contributed by atoms with Gasteiger partial charge in [-0.15, -0.1) is 0 Å². The van der Waals surface area contributed by atoms with Crippen LogP contribution in [0.2, 0.25) is 0 Å². The van der Waals surface area contributed by atoms with Gasteiger partial charge >= 0.3 is 0 Å². The first-order valence-electron chi connectivity index (χ1n) is 8.91. The van der Waals surface area contributed by atoms with Crippen LogP contribution in [0.5, 0.6) is 0 Å². The number of anilines is 1. The van der Waals surface area contributed by atoms with Crippen LogP contribution < -0.4 is 4.90 Å². The molecule has 4 heteroatoms. The van der Waals surface area contributed by atoms with Crippen LogP contribution in [-0.4, -0.2) is 18.6 Å². The van der Waals surface area contributed by atoms with Gasteiger partial charge in [0.2, 0.25) is 0 Å². The molecule has 0 bridgehead atoms. The van der Waals surface area contributed by atoms with Gasteiger partial charge in [-0.3, -0.25) is 4.99 Å². The van der Waals surface area contributed by atoms with Crippen LogP contribution in [0.15, 0.2) is 87.3 Å². The number of fused-ring (bicyclic) bond motifs is 1. The lowest BCUT2D eigenvalue weighted by molar-refractivity contribution is 1.20. The second-order valence-electron chi connectivity index (χ2n) is 6.63. The van der Waals surface area contributed by atoms with Crippen molar-refractivity contribution in [2.24, 2.45) is 9.98 Å². The maximum atomic E-state index is 4.96. The third-order valence-corrected chi connectivity index (χ3v) is 5.37. The maximum absolute atomic E-state index is 4.96. The Balaban J connectivity index is 1.81. The van der Waals surface area contributed by atoms with Crippen LogP contribution in [0.3, 0.4) is 0 Å². The molecule has 3 aromatic rings. The van der Waals surface area contributed by atoms with E-state index in [0.29, 0.717) is 6.42 Å². The molecule has 134 valence electrons. The predicted molar refractivity (Wildman–Crippen MR) is 118 cm³/mol. The Hall–Kier alpha value is -2.72. The van der Waals surface area contributed by atoms with Crippen molar-refractivity contribution in [1.29, 1.82) is 0 Å². The van der Waals surface area contributed by atoms with E-state index in [1.54, 1.807) is 0 Å². The van der Waals surface area contributed by atoms with Crippen molar-refractivity contribution < 1.29 is 0 Å². The lowest BCUT2D eigenvalue weighted by atomic mass is 10.0. The lowest BCUT2D eigenvalue weighted by Gasteiger charge is -2.22. The van der Waals surface area contributed by atoms with Crippen LogP contribution in [0.25, 0.3) is 0 Å². The zero-order valence-corrected chi connectivity index (χ0v) is 16.9. The monoisotopic (exact) mass is 417 g/mol. The molecule has 1 aliphatic heterocycles. The van der Waals surface area contributed by atoms with E-state index in [1.807, 2.05) is 42.5 Å². The molecule has 1 heterocycles. The first-order chi connectivity index (χ1) is 13.1. The number of benzene rings is 3. The molecular weight excluding hydrogens is 398 g/mol. The van der Waals surface area contributed by atoms with E-state index in [1.165, 1.54) is 5.56 Å². The maximum Gasteiger partial charge on any atom is 0.115 e. The Morgan fingerprint density at radius 3 is 2.15 bits per heavy atom. The van der Waals surface area contributed by atoms with E-state index < -0.39 is 0 Å². The molecule has 1 aliphatic rings. The zero-order valence-electron chi connectivity index (χ0n) is 15.4. The topological polar surface area (TPSA) is 28.0 Å². The SMILES string of the molecule is Cc1ccc(C2=Nc3ccccc3N=C(N(C)c3ccccc3Br)C2)cc1. The van der Waals surface area contributed by atoms with Gasteiger partial charge < -0.3 is 4.90 Å². The fraction of sp³-hybridized carbons (Fsp3) is 0.130. The van der Waals surface area contributed by atoms with Gasteiger partial charge in [-0.2, -0.15) is 0 Å². The molecule has 4 rings (SSSR count). The van der Waals surface area contributed by atoms with Crippen LogP contribution in [0, 0.1) is 6.92 Å². The van der Waals surface area contributed by atoms with Gasteiger partial charge in [0.15, 0.2) is 0 Å². The number of hydrogen-bond acceptors (Lipinski definition) is 3. The van der Waals surface area contributed by atoms with Gasteiger partial charge in [0, 0.05) is 17.9 Å². The highest BCUT2D eigenvalue weighted by Crippen LogP contribution is 2.33. The number of aryl methyl sites for hydroxylation is 1. The summed E-state index contributed by atoms with van der Waals surface area (Å²) >= 11 is 3.66. The number of halogens is 1. The molecule has 3 aromatic carbocycles. The Labute approximate surface area is 168 Å². The van der Waals surface area contributed by atoms with Crippen molar-refractivity contribution in [2.45, 2.75) is 13.3 Å². The quantitative estimate of drug-likeness (QED) is 0.470. The van der Waals surface area contributed by atoms with Crippen LogP contribution in [0.4, 0.5) is 17.1 Å². The van der Waals surface area contributed by atoms with Crippen molar-refractivity contribution in [3.63, 3.8) is 0 Å². The summed E-state index contributed by atoms with van der Waals surface area (Å²) in [6.07, 6.45) is 0.662. The van der Waals surface area contributed by atoms with E-state index >= 15 is 0 Å². The minimum absolute atomic E-state index is 0.662. The summed E-state index contributed by atoms with van der Waals surface area (Å²) in [5, 5.41) is 0. The fourth-order valence-electron chi connectivity index (χ4n) is 3.14. The second-order valence-corrected chi connectivity index (χ2v) is 7.48. The zero-order chi connectivity index (χ0) is 18.8. The number of para-hydroxylation sites is 3. The Morgan fingerprint density at radius 1 is 0.815 bits per heavy atom. The van der Waals surface area contributed by atoms with Gasteiger partial charge in [-0.1, -0.05) is 54.1 Å². The number of aliphatic imine (C=N–C) groups is 2. The van der Waals surface area contributed by atoms with Gasteiger partial charge in [-0.05, 0) is 52.7 Å². The highest BCUT2D eigenvalue weighted by molar-refractivity contribution is 9.10. The van der Waals surface area contributed by atoms with Crippen molar-refractivity contribution in [3.05, 3.63) is 88.4 Å². The number of nitrogens with zero attached hydrogens (tertiary/aromatic N) is 3. The molecule has 0 saturated carbocycles. The molecule has 0 unspecified atom stereocenters. The molecule has 0 radical (unpaired) electrons. The minimum Gasteiger partial charge on any atom is -0.332 e. The lowest BCUT2D eigenvalue weighted by Crippen LogP contribution is -2.28. The third kappa shape index (κ3) is 3.71.